The summed E-state index contributed by atoms with van der Waals surface area (Å²) in [7, 11) is -10.8. The average molecular weight is 663 g/mol. The summed E-state index contributed by atoms with van der Waals surface area (Å²) in [5.41, 5.74) is 6.22. The first-order chi connectivity index (χ1) is 20.8. The van der Waals surface area contributed by atoms with Gasteiger partial charge in [0.25, 0.3) is 0 Å². The number of imidazole rings is 1. The zero-order chi connectivity index (χ0) is 31.8. The fraction of sp³-hybridized carbons (Fsp3) is 0.455. The lowest BCUT2D eigenvalue weighted by molar-refractivity contribution is -0.134. The number of aromatic nitrogens is 4. The number of carbonyl (C=O) groups is 1. The molecule has 2 aliphatic rings. The van der Waals surface area contributed by atoms with Crippen molar-refractivity contribution in [3.63, 3.8) is 0 Å². The molecule has 10 atom stereocenters. The van der Waals surface area contributed by atoms with E-state index in [1.54, 1.807) is 18.2 Å². The van der Waals surface area contributed by atoms with Crippen molar-refractivity contribution in [3.8, 4) is 0 Å². The highest BCUT2D eigenvalue weighted by molar-refractivity contribution is 7.61. The van der Waals surface area contributed by atoms with Crippen LogP contribution < -0.4 is 5.73 Å². The molecule has 2 fully saturated rings. The van der Waals surface area contributed by atoms with E-state index in [-0.39, 0.29) is 22.5 Å². The predicted octanol–water partition coefficient (Wildman–Crippen LogP) is -1.42. The molecule has 2 aliphatic heterocycles. The number of fused-ring (bicyclic) bond motifs is 1. The van der Waals surface area contributed by atoms with Crippen molar-refractivity contribution in [1.29, 1.82) is 0 Å². The summed E-state index contributed by atoms with van der Waals surface area (Å²) >= 11 is 0. The van der Waals surface area contributed by atoms with Crippen LogP contribution in [0.25, 0.3) is 11.2 Å². The zero-order valence-electron chi connectivity index (χ0n) is 22.2. The van der Waals surface area contributed by atoms with Crippen molar-refractivity contribution < 1.29 is 71.7 Å². The third kappa shape index (κ3) is 6.98. The van der Waals surface area contributed by atoms with Gasteiger partial charge in [0.05, 0.1) is 25.1 Å². The van der Waals surface area contributed by atoms with Gasteiger partial charge in [0.2, 0.25) is 0 Å². The van der Waals surface area contributed by atoms with E-state index in [1.807, 2.05) is 0 Å². The van der Waals surface area contributed by atoms with Crippen molar-refractivity contribution in [3.05, 3.63) is 48.5 Å². The maximum absolute atomic E-state index is 12.4. The number of nitrogens with two attached hydrogens (primary N) is 1. The topological polar surface area (TPSA) is 298 Å². The molecule has 8 N–H and O–H groups in total. The molecule has 2 aromatic heterocycles. The summed E-state index contributed by atoms with van der Waals surface area (Å²) in [6.45, 7) is -1.87. The van der Waals surface area contributed by atoms with Gasteiger partial charge < -0.3 is 50.2 Å². The highest BCUT2D eigenvalue weighted by Gasteiger charge is 2.48. The number of esters is 1. The van der Waals surface area contributed by atoms with Gasteiger partial charge >= 0.3 is 21.6 Å². The van der Waals surface area contributed by atoms with Crippen molar-refractivity contribution in [2.45, 2.75) is 49.1 Å². The number of ether oxygens (including phenoxy) is 3. The number of aliphatic hydroxyl groups is 4. The van der Waals surface area contributed by atoms with Crippen LogP contribution >= 0.6 is 15.6 Å². The van der Waals surface area contributed by atoms with Gasteiger partial charge in [0, 0.05) is 0 Å². The SMILES string of the molecule is Nc1ncnc2c1ncn2[C@@H]1O[C@H](COP(=O)(O)OP(=O)(O)OC[C@H]2OC(O)[C@H](OC(=O)c3ccccc3)[C@@H]2O)[C@@H](O)[C@H]1O. The third-order valence-corrected chi connectivity index (χ3v) is 9.18. The molecule has 2 saturated heterocycles. The van der Waals surface area contributed by atoms with Crippen LogP contribution in [0.3, 0.4) is 0 Å². The van der Waals surface area contributed by atoms with Crippen LogP contribution in [0.1, 0.15) is 16.6 Å². The molecule has 4 heterocycles. The molecule has 0 spiro atoms. The Labute approximate surface area is 246 Å². The van der Waals surface area contributed by atoms with Crippen LogP contribution in [0, 0.1) is 0 Å². The van der Waals surface area contributed by atoms with E-state index in [4.69, 9.17) is 19.9 Å². The lowest BCUT2D eigenvalue weighted by Gasteiger charge is -2.21. The van der Waals surface area contributed by atoms with Crippen LogP contribution in [0.4, 0.5) is 5.82 Å². The quantitative estimate of drug-likeness (QED) is 0.0914. The second-order valence-corrected chi connectivity index (χ2v) is 12.6. The number of nitrogens with zero attached hydrogens (tertiary/aromatic N) is 4. The number of phosphoric acid groups is 2. The number of hydrogen-bond acceptors (Lipinski definition) is 17. The van der Waals surface area contributed by atoms with Crippen molar-refractivity contribution in [2.75, 3.05) is 18.9 Å². The monoisotopic (exact) mass is 663 g/mol. The van der Waals surface area contributed by atoms with Crippen LogP contribution in [0.15, 0.2) is 43.0 Å². The summed E-state index contributed by atoms with van der Waals surface area (Å²) in [4.78, 5) is 44.0. The molecule has 5 rings (SSSR count). The second kappa shape index (κ2) is 12.8. The normalized spacial score (nSPS) is 31.5. The van der Waals surface area contributed by atoms with Crippen molar-refractivity contribution in [1.82, 2.24) is 19.5 Å². The maximum atomic E-state index is 12.4. The Balaban J connectivity index is 1.13. The highest BCUT2D eigenvalue weighted by atomic mass is 31.3. The largest absolute Gasteiger partial charge is 0.481 e. The molecule has 3 aromatic rings. The third-order valence-electron chi connectivity index (χ3n) is 6.57. The van der Waals surface area contributed by atoms with Gasteiger partial charge in [-0.25, -0.2) is 28.9 Å². The molecule has 1 aromatic carbocycles. The van der Waals surface area contributed by atoms with Gasteiger partial charge in [-0.2, -0.15) is 4.31 Å². The van der Waals surface area contributed by atoms with Gasteiger partial charge in [-0.3, -0.25) is 13.6 Å². The number of aliphatic hydroxyl groups excluding tert-OH is 4. The Morgan fingerprint density at radius 2 is 1.55 bits per heavy atom. The van der Waals surface area contributed by atoms with E-state index in [0.29, 0.717) is 0 Å². The lowest BCUT2D eigenvalue weighted by Crippen LogP contribution is -2.38. The first-order valence-corrected chi connectivity index (χ1v) is 15.6. The average Bonchev–Trinajstić information content (AvgIpc) is 3.61. The van der Waals surface area contributed by atoms with E-state index in [2.05, 4.69) is 28.3 Å². The number of nitrogen functional groups attached to an aromatic ring is 1. The van der Waals surface area contributed by atoms with Crippen LogP contribution in [-0.2, 0) is 36.7 Å². The Kier molecular flexibility index (Phi) is 9.45. The zero-order valence-corrected chi connectivity index (χ0v) is 24.0. The van der Waals surface area contributed by atoms with E-state index >= 15 is 0 Å². The van der Waals surface area contributed by atoms with Crippen molar-refractivity contribution >= 4 is 38.6 Å². The molecular weight excluding hydrogens is 636 g/mol. The molecular formula is C22H27N5O15P2. The molecule has 3 unspecified atom stereocenters. The number of phosphoric ester groups is 2. The summed E-state index contributed by atoms with van der Waals surface area (Å²) < 4.78 is 55.2. The first-order valence-electron chi connectivity index (χ1n) is 12.6. The van der Waals surface area contributed by atoms with E-state index in [9.17, 15) is 44.1 Å². The molecule has 0 radical (unpaired) electrons. The van der Waals surface area contributed by atoms with Gasteiger partial charge in [0.15, 0.2) is 30.1 Å². The molecule has 240 valence electrons. The van der Waals surface area contributed by atoms with E-state index in [1.165, 1.54) is 23.0 Å². The van der Waals surface area contributed by atoms with E-state index in [0.717, 1.165) is 6.33 Å². The molecule has 0 bridgehead atoms. The molecule has 20 nitrogen and oxygen atoms in total. The molecule has 22 heteroatoms. The summed E-state index contributed by atoms with van der Waals surface area (Å²) in [5, 5.41) is 41.3. The Morgan fingerprint density at radius 3 is 2.20 bits per heavy atom. The molecule has 0 aliphatic carbocycles. The first kappa shape index (κ1) is 32.5. The molecule has 0 amide bonds. The number of carbonyl (C=O) groups excluding carboxylic acids is 1. The van der Waals surface area contributed by atoms with Crippen LogP contribution in [-0.4, -0.2) is 112 Å². The number of anilines is 1. The van der Waals surface area contributed by atoms with Crippen molar-refractivity contribution in [2.24, 2.45) is 0 Å². The fourth-order valence-electron chi connectivity index (χ4n) is 4.41. The Bertz CT molecular complexity index is 1580. The predicted molar refractivity (Wildman–Crippen MR) is 141 cm³/mol. The smallest absolute Gasteiger partial charge is 0.450 e. The summed E-state index contributed by atoms with van der Waals surface area (Å²) in [6, 6.07) is 7.64. The maximum Gasteiger partial charge on any atom is 0.481 e. The minimum Gasteiger partial charge on any atom is -0.450 e. The molecule has 44 heavy (non-hydrogen) atoms. The van der Waals surface area contributed by atoms with Gasteiger partial charge in [-0.1, -0.05) is 18.2 Å². The van der Waals surface area contributed by atoms with Gasteiger partial charge in [0.1, 0.15) is 42.4 Å². The van der Waals surface area contributed by atoms with Crippen LogP contribution in [0.2, 0.25) is 0 Å². The number of hydrogen-bond donors (Lipinski definition) is 7. The Hall–Kier alpha value is -2.94. The van der Waals surface area contributed by atoms with Gasteiger partial charge in [-0.15, -0.1) is 0 Å². The minimum absolute atomic E-state index is 0.0483. The number of rotatable bonds is 11. The summed E-state index contributed by atoms with van der Waals surface area (Å²) in [5.74, 6) is -0.840. The minimum atomic E-state index is -5.39. The van der Waals surface area contributed by atoms with Crippen LogP contribution in [0.5, 0.6) is 0 Å². The standard InChI is InChI=1S/C22H27N5O15P2/c23-18-13-19(25-8-24-18)27(9-26-13)20-16(30)14(28)11(39-20)6-37-43(33,34)42-44(35,36)38-7-12-15(29)17(22(32)40-12)41-21(31)10-4-2-1-3-5-10/h1-5,8-9,11-12,14-17,20,22,28-30,32H,6-7H2,(H,33,34)(H,35,36)(H2,23,24,25)/t11-,12-,14-,15-,16-,17-,20-,22?/m1/s1. The Morgan fingerprint density at radius 1 is 0.909 bits per heavy atom. The number of benzene rings is 1. The molecule has 0 saturated carbocycles. The van der Waals surface area contributed by atoms with Gasteiger partial charge in [-0.05, 0) is 12.1 Å². The summed E-state index contributed by atoms with van der Waals surface area (Å²) in [6.07, 6.45) is -10.3. The second-order valence-electron chi connectivity index (χ2n) is 9.53. The van der Waals surface area contributed by atoms with E-state index < -0.39 is 84.0 Å². The lowest BCUT2D eigenvalue weighted by atomic mass is 10.1. The highest BCUT2D eigenvalue weighted by Crippen LogP contribution is 2.60. The fourth-order valence-corrected chi connectivity index (χ4v) is 6.51.